The third kappa shape index (κ3) is 6.30. The minimum absolute atomic E-state index is 0.0113. The third-order valence-electron chi connectivity index (χ3n) is 6.56. The molecule has 2 saturated carbocycles. The van der Waals surface area contributed by atoms with Crippen molar-refractivity contribution in [1.29, 1.82) is 0 Å². The Kier molecular flexibility index (Phi) is 7.42. The average molecular weight is 521 g/mol. The molecule has 3 aromatic rings. The van der Waals surface area contributed by atoms with Gasteiger partial charge in [0.05, 0.1) is 11.9 Å². The second kappa shape index (κ2) is 11.0. The SMILES string of the molecule is C#CCCC(=O)N[C@H]1CC[C@H](Nc2cc(NC3CC3)c3ncc(C(=O)Nc4ccnc(Cl)c4)n3n2)CC1. The van der Waals surface area contributed by atoms with Gasteiger partial charge in [-0.15, -0.1) is 17.4 Å². The van der Waals surface area contributed by atoms with Crippen LogP contribution in [0.25, 0.3) is 5.65 Å². The van der Waals surface area contributed by atoms with E-state index in [1.807, 2.05) is 6.07 Å². The molecule has 10 nitrogen and oxygen atoms in total. The van der Waals surface area contributed by atoms with Gasteiger partial charge in [0.15, 0.2) is 11.3 Å². The number of carbonyl (C=O) groups excluding carboxylic acids is 2. The molecular weight excluding hydrogens is 492 g/mol. The van der Waals surface area contributed by atoms with E-state index in [2.05, 4.69) is 37.2 Å². The van der Waals surface area contributed by atoms with Gasteiger partial charge in [0.25, 0.3) is 5.91 Å². The summed E-state index contributed by atoms with van der Waals surface area (Å²) in [4.78, 5) is 33.5. The molecule has 0 aromatic carbocycles. The number of imidazole rings is 1. The monoisotopic (exact) mass is 520 g/mol. The van der Waals surface area contributed by atoms with Crippen molar-refractivity contribution >= 4 is 46.3 Å². The smallest absolute Gasteiger partial charge is 0.276 e. The largest absolute Gasteiger partial charge is 0.379 e. The van der Waals surface area contributed by atoms with Crippen molar-refractivity contribution in [3.05, 3.63) is 41.4 Å². The molecule has 37 heavy (non-hydrogen) atoms. The van der Waals surface area contributed by atoms with Gasteiger partial charge in [-0.2, -0.15) is 0 Å². The molecule has 0 atom stereocenters. The van der Waals surface area contributed by atoms with E-state index in [4.69, 9.17) is 23.1 Å². The lowest BCUT2D eigenvalue weighted by atomic mass is 9.91. The van der Waals surface area contributed by atoms with Gasteiger partial charge in [-0.05, 0) is 50.7 Å². The maximum absolute atomic E-state index is 13.1. The van der Waals surface area contributed by atoms with Crippen molar-refractivity contribution in [3.8, 4) is 12.3 Å². The fraction of sp³-hybridized carbons (Fsp3) is 0.423. The summed E-state index contributed by atoms with van der Waals surface area (Å²) >= 11 is 5.95. The molecule has 3 aromatic heterocycles. The van der Waals surface area contributed by atoms with E-state index >= 15 is 0 Å². The van der Waals surface area contributed by atoms with Crippen LogP contribution in [0.1, 0.15) is 61.9 Å². The Morgan fingerprint density at radius 1 is 1.05 bits per heavy atom. The molecule has 4 N–H and O–H groups in total. The van der Waals surface area contributed by atoms with Crippen LogP contribution in [0.4, 0.5) is 17.2 Å². The normalized spacial score (nSPS) is 19.1. The minimum Gasteiger partial charge on any atom is -0.379 e. The molecule has 0 radical (unpaired) electrons. The topological polar surface area (TPSA) is 125 Å². The second-order valence-corrected chi connectivity index (χ2v) is 9.91. The molecule has 2 fully saturated rings. The summed E-state index contributed by atoms with van der Waals surface area (Å²) in [6.07, 6.45) is 14.9. The van der Waals surface area contributed by atoms with Crippen LogP contribution in [0, 0.1) is 12.3 Å². The molecular formula is C26H29ClN8O2. The lowest BCUT2D eigenvalue weighted by Gasteiger charge is -2.30. The zero-order valence-corrected chi connectivity index (χ0v) is 21.1. The van der Waals surface area contributed by atoms with Gasteiger partial charge >= 0.3 is 0 Å². The van der Waals surface area contributed by atoms with Crippen molar-refractivity contribution in [2.75, 3.05) is 16.0 Å². The Balaban J connectivity index is 1.30. The van der Waals surface area contributed by atoms with Gasteiger partial charge in [-0.1, -0.05) is 11.6 Å². The zero-order valence-electron chi connectivity index (χ0n) is 20.3. The number of nitrogens with zero attached hydrogens (tertiary/aromatic N) is 4. The summed E-state index contributed by atoms with van der Waals surface area (Å²) in [5, 5.41) is 18.0. The number of amides is 2. The van der Waals surface area contributed by atoms with Crippen LogP contribution in [-0.4, -0.2) is 49.5 Å². The first-order chi connectivity index (χ1) is 18.0. The second-order valence-electron chi connectivity index (χ2n) is 9.53. The standard InChI is InChI=1S/C26H29ClN8O2/c1-2-3-4-24(36)32-18-9-7-17(8-10-18)31-23-14-20(30-16-5-6-16)25-29-15-21(35(25)34-23)26(37)33-19-11-12-28-22(27)13-19/h1,11-18,30H,3-10H2,(H,31,34)(H,32,36)(H,28,33,37)/t17-,18-. The Morgan fingerprint density at radius 3 is 2.51 bits per heavy atom. The summed E-state index contributed by atoms with van der Waals surface area (Å²) in [5.74, 6) is 2.83. The van der Waals surface area contributed by atoms with Gasteiger partial charge in [0.2, 0.25) is 5.91 Å². The molecule has 2 aliphatic carbocycles. The number of hydrogen-bond donors (Lipinski definition) is 4. The number of fused-ring (bicyclic) bond motifs is 1. The highest BCUT2D eigenvalue weighted by Crippen LogP contribution is 2.30. The summed E-state index contributed by atoms with van der Waals surface area (Å²) in [5.41, 5.74) is 2.27. The van der Waals surface area contributed by atoms with Crippen molar-refractivity contribution in [2.45, 2.75) is 69.5 Å². The van der Waals surface area contributed by atoms with Gasteiger partial charge in [0, 0.05) is 48.9 Å². The van der Waals surface area contributed by atoms with Crippen LogP contribution >= 0.6 is 11.6 Å². The van der Waals surface area contributed by atoms with Gasteiger partial charge in [-0.3, -0.25) is 9.59 Å². The average Bonchev–Trinajstić information content (AvgIpc) is 3.59. The van der Waals surface area contributed by atoms with Crippen molar-refractivity contribution in [1.82, 2.24) is 24.9 Å². The van der Waals surface area contributed by atoms with E-state index in [0.717, 1.165) is 44.2 Å². The molecule has 192 valence electrons. The number of nitrogens with one attached hydrogen (secondary N) is 4. The zero-order chi connectivity index (χ0) is 25.8. The van der Waals surface area contributed by atoms with E-state index in [1.165, 1.54) is 12.4 Å². The first-order valence-corrected chi connectivity index (χ1v) is 12.9. The number of pyridine rings is 1. The lowest BCUT2D eigenvalue weighted by Crippen LogP contribution is -2.40. The summed E-state index contributed by atoms with van der Waals surface area (Å²) in [6.45, 7) is 0. The van der Waals surface area contributed by atoms with Crippen LogP contribution < -0.4 is 21.3 Å². The fourth-order valence-corrected chi connectivity index (χ4v) is 4.67. The fourth-order valence-electron chi connectivity index (χ4n) is 4.50. The number of aromatic nitrogens is 4. The highest BCUT2D eigenvalue weighted by atomic mass is 35.5. The predicted molar refractivity (Wildman–Crippen MR) is 143 cm³/mol. The highest BCUT2D eigenvalue weighted by molar-refractivity contribution is 6.29. The molecule has 11 heteroatoms. The van der Waals surface area contributed by atoms with Gasteiger partial charge < -0.3 is 21.3 Å². The third-order valence-corrected chi connectivity index (χ3v) is 6.77. The van der Waals surface area contributed by atoms with Crippen molar-refractivity contribution < 1.29 is 9.59 Å². The number of carbonyl (C=O) groups is 2. The van der Waals surface area contributed by atoms with E-state index in [-0.39, 0.29) is 23.9 Å². The lowest BCUT2D eigenvalue weighted by molar-refractivity contribution is -0.121. The first kappa shape index (κ1) is 24.8. The maximum atomic E-state index is 13.1. The number of anilines is 3. The van der Waals surface area contributed by atoms with E-state index < -0.39 is 0 Å². The summed E-state index contributed by atoms with van der Waals surface area (Å²) in [7, 11) is 0. The minimum atomic E-state index is -0.349. The number of halogens is 1. The Bertz CT molecular complexity index is 1340. The van der Waals surface area contributed by atoms with Gasteiger partial charge in [-0.25, -0.2) is 14.5 Å². The van der Waals surface area contributed by atoms with E-state index in [1.54, 1.807) is 16.6 Å². The van der Waals surface area contributed by atoms with Crippen molar-refractivity contribution in [2.24, 2.45) is 0 Å². The van der Waals surface area contributed by atoms with E-state index in [0.29, 0.717) is 46.9 Å². The molecule has 2 amide bonds. The molecule has 3 heterocycles. The quantitative estimate of drug-likeness (QED) is 0.249. The molecule has 0 bridgehead atoms. The molecule has 0 spiro atoms. The van der Waals surface area contributed by atoms with E-state index in [9.17, 15) is 9.59 Å². The predicted octanol–water partition coefficient (Wildman–Crippen LogP) is 3.86. The van der Waals surface area contributed by atoms with Crippen LogP contribution in [0.5, 0.6) is 0 Å². The van der Waals surface area contributed by atoms with Crippen LogP contribution in [-0.2, 0) is 4.79 Å². The van der Waals surface area contributed by atoms with Crippen molar-refractivity contribution in [3.63, 3.8) is 0 Å². The molecule has 0 saturated heterocycles. The molecule has 2 aliphatic rings. The maximum Gasteiger partial charge on any atom is 0.276 e. The Morgan fingerprint density at radius 2 is 1.78 bits per heavy atom. The van der Waals surface area contributed by atoms with Crippen LogP contribution in [0.15, 0.2) is 30.6 Å². The molecule has 0 aliphatic heterocycles. The van der Waals surface area contributed by atoms with Gasteiger partial charge in [0.1, 0.15) is 11.0 Å². The number of hydrogen-bond acceptors (Lipinski definition) is 7. The summed E-state index contributed by atoms with van der Waals surface area (Å²) < 4.78 is 1.57. The number of rotatable bonds is 9. The molecule has 5 rings (SSSR count). The molecule has 0 unspecified atom stereocenters. The van der Waals surface area contributed by atoms with Crippen LogP contribution in [0.2, 0.25) is 5.15 Å². The summed E-state index contributed by atoms with van der Waals surface area (Å²) in [6, 6.07) is 5.98. The Labute approximate surface area is 220 Å². The van der Waals surface area contributed by atoms with Crippen LogP contribution in [0.3, 0.4) is 0 Å². The Hall–Kier alpha value is -3.84. The first-order valence-electron chi connectivity index (χ1n) is 12.6. The number of terminal acetylenes is 1. The highest BCUT2D eigenvalue weighted by Gasteiger charge is 2.26.